The number of nitrogens with two attached hydrogens (primary N) is 1. The summed E-state index contributed by atoms with van der Waals surface area (Å²) in [6.07, 6.45) is 5.19. The summed E-state index contributed by atoms with van der Waals surface area (Å²) in [6, 6.07) is 7.52. The van der Waals surface area contributed by atoms with Crippen LogP contribution in [0.3, 0.4) is 0 Å². The molecule has 21 heavy (non-hydrogen) atoms. The molecular weight excluding hydrogens is 280 g/mol. The largest absolute Gasteiger partial charge is 0.324 e. The first-order valence-electron chi connectivity index (χ1n) is 7.70. The van der Waals surface area contributed by atoms with Crippen molar-refractivity contribution in [1.82, 2.24) is 0 Å². The smallest absolute Gasteiger partial charge is 0.241 e. The second-order valence-electron chi connectivity index (χ2n) is 6.85. The summed E-state index contributed by atoms with van der Waals surface area (Å²) < 4.78 is 0. The van der Waals surface area contributed by atoms with Crippen molar-refractivity contribution in [2.75, 3.05) is 5.32 Å². The Labute approximate surface area is 132 Å². The van der Waals surface area contributed by atoms with E-state index in [-0.39, 0.29) is 11.3 Å². The van der Waals surface area contributed by atoms with Crippen LogP contribution in [-0.4, -0.2) is 17.2 Å². The molecule has 1 atom stereocenters. The monoisotopic (exact) mass is 306 g/mol. The van der Waals surface area contributed by atoms with E-state index in [1.54, 1.807) is 0 Å². The molecule has 0 aromatic heterocycles. The lowest BCUT2D eigenvalue weighted by molar-refractivity contribution is -0.119. The molecule has 116 valence electrons. The number of para-hydroxylation sites is 1. The van der Waals surface area contributed by atoms with Crippen molar-refractivity contribution in [3.05, 3.63) is 24.3 Å². The molecule has 4 heteroatoms. The quantitative estimate of drug-likeness (QED) is 0.883. The Hall–Kier alpha value is -1.00. The van der Waals surface area contributed by atoms with Crippen LogP contribution in [0.1, 0.15) is 46.5 Å². The Balaban J connectivity index is 2.07. The SMILES string of the molecule is CC(C)(C)C(N)C(=O)Nc1ccccc1SC1CCCC1. The fraction of sp³-hybridized carbons (Fsp3) is 0.588. The third-order valence-electron chi connectivity index (χ3n) is 3.96. The van der Waals surface area contributed by atoms with Crippen molar-refractivity contribution < 1.29 is 4.79 Å². The lowest BCUT2D eigenvalue weighted by atomic mass is 9.87. The van der Waals surface area contributed by atoms with Gasteiger partial charge in [-0.15, -0.1) is 11.8 Å². The zero-order valence-electron chi connectivity index (χ0n) is 13.2. The van der Waals surface area contributed by atoms with Crippen molar-refractivity contribution in [2.24, 2.45) is 11.1 Å². The van der Waals surface area contributed by atoms with Gasteiger partial charge in [-0.3, -0.25) is 4.79 Å². The third kappa shape index (κ3) is 4.48. The summed E-state index contributed by atoms with van der Waals surface area (Å²) >= 11 is 1.88. The van der Waals surface area contributed by atoms with Gasteiger partial charge in [0, 0.05) is 10.1 Å². The lowest BCUT2D eigenvalue weighted by Crippen LogP contribution is -2.45. The van der Waals surface area contributed by atoms with E-state index >= 15 is 0 Å². The zero-order chi connectivity index (χ0) is 15.5. The molecule has 3 N–H and O–H groups in total. The Kier molecular flexibility index (Phi) is 5.33. The molecule has 1 aromatic rings. The molecule has 1 aliphatic carbocycles. The predicted molar refractivity (Wildman–Crippen MR) is 90.6 cm³/mol. The molecule has 1 unspecified atom stereocenters. The molecule has 0 bridgehead atoms. The van der Waals surface area contributed by atoms with Crippen molar-refractivity contribution in [3.8, 4) is 0 Å². The van der Waals surface area contributed by atoms with Gasteiger partial charge in [0.15, 0.2) is 0 Å². The second kappa shape index (κ2) is 6.84. The van der Waals surface area contributed by atoms with E-state index in [2.05, 4.69) is 11.4 Å². The van der Waals surface area contributed by atoms with E-state index in [4.69, 9.17) is 5.73 Å². The van der Waals surface area contributed by atoms with Crippen LogP contribution in [0.4, 0.5) is 5.69 Å². The van der Waals surface area contributed by atoms with Crippen LogP contribution < -0.4 is 11.1 Å². The lowest BCUT2D eigenvalue weighted by Gasteiger charge is -2.26. The molecule has 1 amide bonds. The van der Waals surface area contributed by atoms with Gasteiger partial charge in [0.2, 0.25) is 5.91 Å². The Bertz CT molecular complexity index is 490. The summed E-state index contributed by atoms with van der Waals surface area (Å²) in [6.45, 7) is 5.95. The fourth-order valence-corrected chi connectivity index (χ4v) is 3.79. The van der Waals surface area contributed by atoms with E-state index in [1.165, 1.54) is 25.7 Å². The van der Waals surface area contributed by atoms with Gasteiger partial charge in [0.1, 0.15) is 0 Å². The number of amides is 1. The number of nitrogens with one attached hydrogen (secondary N) is 1. The van der Waals surface area contributed by atoms with Crippen molar-refractivity contribution in [3.63, 3.8) is 0 Å². The number of carbonyl (C=O) groups excluding carboxylic acids is 1. The van der Waals surface area contributed by atoms with Gasteiger partial charge in [0.05, 0.1) is 11.7 Å². The number of hydrogen-bond donors (Lipinski definition) is 2. The minimum Gasteiger partial charge on any atom is -0.324 e. The maximum absolute atomic E-state index is 12.3. The van der Waals surface area contributed by atoms with Crippen molar-refractivity contribution >= 4 is 23.4 Å². The van der Waals surface area contributed by atoms with Gasteiger partial charge < -0.3 is 11.1 Å². The Morgan fingerprint density at radius 1 is 1.29 bits per heavy atom. The molecule has 1 fully saturated rings. The van der Waals surface area contributed by atoms with Gasteiger partial charge in [-0.2, -0.15) is 0 Å². The summed E-state index contributed by atoms with van der Waals surface area (Å²) in [5.74, 6) is -0.109. The van der Waals surface area contributed by atoms with Gasteiger partial charge in [-0.1, -0.05) is 45.7 Å². The van der Waals surface area contributed by atoms with E-state index in [0.717, 1.165) is 10.6 Å². The highest BCUT2D eigenvalue weighted by atomic mass is 32.2. The van der Waals surface area contributed by atoms with Gasteiger partial charge in [0.25, 0.3) is 0 Å². The minimum atomic E-state index is -0.512. The average molecular weight is 306 g/mol. The molecule has 1 saturated carbocycles. The number of carbonyl (C=O) groups is 1. The van der Waals surface area contributed by atoms with Crippen LogP contribution in [0, 0.1) is 5.41 Å². The molecule has 0 radical (unpaired) electrons. The first-order valence-corrected chi connectivity index (χ1v) is 8.58. The molecule has 1 aromatic carbocycles. The number of rotatable bonds is 4. The fourth-order valence-electron chi connectivity index (χ4n) is 2.46. The number of anilines is 1. The van der Waals surface area contributed by atoms with Crippen molar-refractivity contribution in [1.29, 1.82) is 0 Å². The maximum Gasteiger partial charge on any atom is 0.241 e. The minimum absolute atomic E-state index is 0.109. The third-order valence-corrected chi connectivity index (χ3v) is 5.37. The predicted octanol–water partition coefficient (Wildman–Crippen LogP) is 4.03. The number of hydrogen-bond acceptors (Lipinski definition) is 3. The Morgan fingerprint density at radius 2 is 1.90 bits per heavy atom. The Morgan fingerprint density at radius 3 is 2.52 bits per heavy atom. The van der Waals surface area contributed by atoms with Gasteiger partial charge in [-0.25, -0.2) is 0 Å². The molecule has 2 rings (SSSR count). The number of thioether (sulfide) groups is 1. The van der Waals surface area contributed by atoms with E-state index in [1.807, 2.05) is 50.7 Å². The molecule has 0 spiro atoms. The highest BCUT2D eigenvalue weighted by Crippen LogP contribution is 2.38. The van der Waals surface area contributed by atoms with E-state index in [9.17, 15) is 4.79 Å². The van der Waals surface area contributed by atoms with Crippen LogP contribution in [0.2, 0.25) is 0 Å². The maximum atomic E-state index is 12.3. The molecular formula is C17H26N2OS. The average Bonchev–Trinajstić information content (AvgIpc) is 2.92. The summed E-state index contributed by atoms with van der Waals surface area (Å²) in [7, 11) is 0. The summed E-state index contributed by atoms with van der Waals surface area (Å²) in [4.78, 5) is 13.5. The van der Waals surface area contributed by atoms with Crippen LogP contribution in [0.25, 0.3) is 0 Å². The second-order valence-corrected chi connectivity index (χ2v) is 8.20. The van der Waals surface area contributed by atoms with Crippen LogP contribution in [-0.2, 0) is 4.79 Å². The van der Waals surface area contributed by atoms with Crippen LogP contribution in [0.5, 0.6) is 0 Å². The molecule has 0 heterocycles. The topological polar surface area (TPSA) is 55.1 Å². The zero-order valence-corrected chi connectivity index (χ0v) is 14.0. The van der Waals surface area contributed by atoms with Crippen LogP contribution in [0.15, 0.2) is 29.2 Å². The van der Waals surface area contributed by atoms with Gasteiger partial charge in [-0.05, 0) is 30.4 Å². The van der Waals surface area contributed by atoms with E-state index in [0.29, 0.717) is 5.25 Å². The van der Waals surface area contributed by atoms with Crippen LogP contribution >= 0.6 is 11.8 Å². The van der Waals surface area contributed by atoms with E-state index < -0.39 is 6.04 Å². The first-order chi connectivity index (χ1) is 9.88. The molecule has 0 saturated heterocycles. The highest BCUT2D eigenvalue weighted by Gasteiger charge is 2.28. The van der Waals surface area contributed by atoms with Crippen molar-refractivity contribution in [2.45, 2.75) is 62.6 Å². The molecule has 1 aliphatic rings. The summed E-state index contributed by atoms with van der Waals surface area (Å²) in [5.41, 5.74) is 6.69. The molecule has 3 nitrogen and oxygen atoms in total. The van der Waals surface area contributed by atoms with Gasteiger partial charge >= 0.3 is 0 Å². The highest BCUT2D eigenvalue weighted by molar-refractivity contribution is 8.00. The first kappa shape index (κ1) is 16.4. The normalized spacial score (nSPS) is 17.7. The summed E-state index contributed by atoms with van der Waals surface area (Å²) in [5, 5.41) is 3.69. The number of benzene rings is 1. The molecule has 0 aliphatic heterocycles. The standard InChI is InChI=1S/C17H26N2OS/c1-17(2,3)15(18)16(20)19-13-10-6-7-11-14(13)21-12-8-4-5-9-12/h6-7,10-12,15H,4-5,8-9,18H2,1-3H3,(H,19,20).